The summed E-state index contributed by atoms with van der Waals surface area (Å²) < 4.78 is 5.51. The Morgan fingerprint density at radius 1 is 1.38 bits per heavy atom. The van der Waals surface area contributed by atoms with Crippen LogP contribution in [0.2, 0.25) is 0 Å². The van der Waals surface area contributed by atoms with E-state index in [1.54, 1.807) is 0 Å². The fraction of sp³-hybridized carbons (Fsp3) is 1.00. The molecule has 0 amide bonds. The highest BCUT2D eigenvalue weighted by Gasteiger charge is 2.36. The molecule has 0 aromatic rings. The van der Waals surface area contributed by atoms with Crippen LogP contribution in [-0.2, 0) is 4.74 Å². The van der Waals surface area contributed by atoms with Crippen LogP contribution in [0.4, 0.5) is 0 Å². The number of aliphatic hydroxyl groups is 1. The van der Waals surface area contributed by atoms with E-state index >= 15 is 0 Å². The second kappa shape index (κ2) is 4.94. The number of rotatable bonds is 6. The molecule has 1 aliphatic rings. The van der Waals surface area contributed by atoms with Gasteiger partial charge in [0.15, 0.2) is 0 Å². The maximum absolute atomic E-state index is 8.72. The topological polar surface area (TPSA) is 32.7 Å². The van der Waals surface area contributed by atoms with Crippen LogP contribution in [0.3, 0.4) is 0 Å². The normalized spacial score (nSPS) is 20.3. The van der Waals surface area contributed by atoms with Crippen molar-refractivity contribution < 1.29 is 9.84 Å². The Bertz CT molecular complexity index is 140. The number of aliphatic hydroxyl groups excluding tert-OH is 1. The summed E-state index contributed by atoms with van der Waals surface area (Å²) in [5.41, 5.74) is 0.170. The van der Waals surface area contributed by atoms with Crippen LogP contribution in [-0.4, -0.2) is 49.5 Å². The number of methoxy groups -OCH3 is 1. The van der Waals surface area contributed by atoms with Crippen LogP contribution in [0.5, 0.6) is 0 Å². The average Bonchev–Trinajstić information content (AvgIpc) is 2.04. The first-order chi connectivity index (χ1) is 6.22. The van der Waals surface area contributed by atoms with Crippen molar-refractivity contribution in [3.05, 3.63) is 0 Å². The molecule has 1 rings (SSSR count). The van der Waals surface area contributed by atoms with Gasteiger partial charge < -0.3 is 14.7 Å². The zero-order valence-corrected chi connectivity index (χ0v) is 8.75. The summed E-state index contributed by atoms with van der Waals surface area (Å²) in [4.78, 5) is 2.15. The quantitative estimate of drug-likeness (QED) is 0.669. The van der Waals surface area contributed by atoms with Crippen LogP contribution in [0, 0.1) is 0 Å². The molecule has 1 fully saturated rings. The lowest BCUT2D eigenvalue weighted by Crippen LogP contribution is -2.42. The SMILES string of the molecule is COC1(CCN(C)CCO)CCC1. The second-order valence-corrected chi connectivity index (χ2v) is 4.02. The third kappa shape index (κ3) is 2.93. The molecule has 0 spiro atoms. The number of likely N-dealkylation sites (N-methyl/N-ethyl adjacent to an activating group) is 1. The zero-order chi connectivity index (χ0) is 9.73. The number of ether oxygens (including phenoxy) is 1. The first kappa shape index (κ1) is 11.0. The van der Waals surface area contributed by atoms with Gasteiger partial charge in [-0.3, -0.25) is 0 Å². The lowest BCUT2D eigenvalue weighted by atomic mass is 9.77. The van der Waals surface area contributed by atoms with Gasteiger partial charge in [0.1, 0.15) is 0 Å². The van der Waals surface area contributed by atoms with Gasteiger partial charge in [0, 0.05) is 20.2 Å². The molecule has 1 N–H and O–H groups in total. The largest absolute Gasteiger partial charge is 0.395 e. The van der Waals surface area contributed by atoms with Gasteiger partial charge in [0.05, 0.1) is 12.2 Å². The Hall–Kier alpha value is -0.120. The molecule has 0 radical (unpaired) electrons. The molecule has 0 saturated heterocycles. The van der Waals surface area contributed by atoms with E-state index < -0.39 is 0 Å². The fourth-order valence-electron chi connectivity index (χ4n) is 1.80. The minimum Gasteiger partial charge on any atom is -0.395 e. The summed E-state index contributed by atoms with van der Waals surface area (Å²) in [6.45, 7) is 2.03. The Morgan fingerprint density at radius 2 is 2.08 bits per heavy atom. The highest BCUT2D eigenvalue weighted by molar-refractivity contribution is 4.89. The molecular weight excluding hydrogens is 166 g/mol. The van der Waals surface area contributed by atoms with Crippen molar-refractivity contribution in [1.29, 1.82) is 0 Å². The highest BCUT2D eigenvalue weighted by atomic mass is 16.5. The molecule has 0 aromatic carbocycles. The molecule has 0 aliphatic heterocycles. The maximum atomic E-state index is 8.72. The molecule has 0 atom stereocenters. The first-order valence-corrected chi connectivity index (χ1v) is 5.07. The van der Waals surface area contributed by atoms with Crippen molar-refractivity contribution in [1.82, 2.24) is 4.90 Å². The molecule has 1 aliphatic carbocycles. The lowest BCUT2D eigenvalue weighted by Gasteiger charge is -2.41. The van der Waals surface area contributed by atoms with Gasteiger partial charge in [-0.15, -0.1) is 0 Å². The summed E-state index contributed by atoms with van der Waals surface area (Å²) in [6.07, 6.45) is 4.81. The van der Waals surface area contributed by atoms with Crippen LogP contribution in [0.1, 0.15) is 25.7 Å². The maximum Gasteiger partial charge on any atom is 0.0691 e. The van der Waals surface area contributed by atoms with Gasteiger partial charge in [0.25, 0.3) is 0 Å². The van der Waals surface area contributed by atoms with Crippen molar-refractivity contribution in [3.8, 4) is 0 Å². The predicted octanol–water partition coefficient (Wildman–Crippen LogP) is 0.870. The van der Waals surface area contributed by atoms with Gasteiger partial charge in [-0.2, -0.15) is 0 Å². The van der Waals surface area contributed by atoms with Crippen molar-refractivity contribution in [3.63, 3.8) is 0 Å². The minimum absolute atomic E-state index is 0.170. The Labute approximate surface area is 80.7 Å². The number of hydrogen-bond donors (Lipinski definition) is 1. The summed E-state index contributed by atoms with van der Waals surface area (Å²) in [6, 6.07) is 0. The van der Waals surface area contributed by atoms with Crippen molar-refractivity contribution in [2.24, 2.45) is 0 Å². The van der Waals surface area contributed by atoms with Crippen LogP contribution in [0.25, 0.3) is 0 Å². The number of hydrogen-bond acceptors (Lipinski definition) is 3. The van der Waals surface area contributed by atoms with Gasteiger partial charge in [0.2, 0.25) is 0 Å². The molecule has 3 heteroatoms. The number of nitrogens with zero attached hydrogens (tertiary/aromatic N) is 1. The Morgan fingerprint density at radius 3 is 2.46 bits per heavy atom. The first-order valence-electron chi connectivity index (χ1n) is 5.07. The lowest BCUT2D eigenvalue weighted by molar-refractivity contribution is -0.0813. The third-order valence-corrected chi connectivity index (χ3v) is 3.13. The van der Waals surface area contributed by atoms with E-state index in [0.29, 0.717) is 0 Å². The molecule has 0 heterocycles. The molecule has 0 aromatic heterocycles. The van der Waals surface area contributed by atoms with E-state index in [-0.39, 0.29) is 12.2 Å². The van der Waals surface area contributed by atoms with Gasteiger partial charge in [-0.25, -0.2) is 0 Å². The summed E-state index contributed by atoms with van der Waals surface area (Å²) in [5.74, 6) is 0. The molecule has 3 nitrogen and oxygen atoms in total. The molecule has 0 unspecified atom stereocenters. The minimum atomic E-state index is 0.170. The van der Waals surface area contributed by atoms with E-state index in [2.05, 4.69) is 4.90 Å². The van der Waals surface area contributed by atoms with Crippen molar-refractivity contribution >= 4 is 0 Å². The molecular formula is C10H21NO2. The van der Waals surface area contributed by atoms with Crippen molar-refractivity contribution in [2.75, 3.05) is 33.9 Å². The van der Waals surface area contributed by atoms with Crippen LogP contribution in [0.15, 0.2) is 0 Å². The molecule has 78 valence electrons. The fourth-order valence-corrected chi connectivity index (χ4v) is 1.80. The van der Waals surface area contributed by atoms with E-state index in [4.69, 9.17) is 9.84 Å². The van der Waals surface area contributed by atoms with E-state index in [1.165, 1.54) is 19.3 Å². The van der Waals surface area contributed by atoms with Gasteiger partial charge in [-0.1, -0.05) is 0 Å². The molecule has 0 bridgehead atoms. The van der Waals surface area contributed by atoms with E-state index in [0.717, 1.165) is 19.5 Å². The van der Waals surface area contributed by atoms with E-state index in [9.17, 15) is 0 Å². The van der Waals surface area contributed by atoms with Crippen LogP contribution < -0.4 is 0 Å². The molecule has 13 heavy (non-hydrogen) atoms. The third-order valence-electron chi connectivity index (χ3n) is 3.13. The Balaban J connectivity index is 2.16. The summed E-state index contributed by atoms with van der Waals surface area (Å²) >= 11 is 0. The Kier molecular flexibility index (Phi) is 4.16. The predicted molar refractivity (Wildman–Crippen MR) is 52.8 cm³/mol. The zero-order valence-electron chi connectivity index (χ0n) is 8.75. The summed E-state index contributed by atoms with van der Waals surface area (Å²) in [5, 5.41) is 8.72. The second-order valence-electron chi connectivity index (χ2n) is 4.02. The van der Waals surface area contributed by atoms with Gasteiger partial charge >= 0.3 is 0 Å². The standard InChI is InChI=1S/C10H21NO2/c1-11(8-9-12)7-6-10(13-2)4-3-5-10/h12H,3-9H2,1-2H3. The average molecular weight is 187 g/mol. The van der Waals surface area contributed by atoms with E-state index in [1.807, 2.05) is 14.2 Å². The molecule has 1 saturated carbocycles. The smallest absolute Gasteiger partial charge is 0.0691 e. The van der Waals surface area contributed by atoms with Gasteiger partial charge in [-0.05, 0) is 32.7 Å². The van der Waals surface area contributed by atoms with Crippen LogP contribution >= 0.6 is 0 Å². The summed E-state index contributed by atoms with van der Waals surface area (Å²) in [7, 11) is 3.85. The highest BCUT2D eigenvalue weighted by Crippen LogP contribution is 2.37. The van der Waals surface area contributed by atoms with Crippen molar-refractivity contribution in [2.45, 2.75) is 31.3 Å². The monoisotopic (exact) mass is 187 g/mol.